The van der Waals surface area contributed by atoms with Gasteiger partial charge < -0.3 is 9.84 Å². The predicted octanol–water partition coefficient (Wildman–Crippen LogP) is 4.27. The minimum atomic E-state index is -4.69. The molecule has 0 atom stereocenters. The molecule has 0 saturated heterocycles. The molecule has 0 fully saturated rings. The van der Waals surface area contributed by atoms with E-state index in [9.17, 15) is 22.8 Å². The smallest absolute Gasteiger partial charge is 0.417 e. The van der Waals surface area contributed by atoms with Gasteiger partial charge in [-0.25, -0.2) is 4.79 Å². The van der Waals surface area contributed by atoms with Crippen molar-refractivity contribution in [3.63, 3.8) is 0 Å². The number of ether oxygens (including phenoxy) is 1. The van der Waals surface area contributed by atoms with E-state index in [4.69, 9.17) is 5.11 Å². The van der Waals surface area contributed by atoms with Crippen LogP contribution >= 0.6 is 11.8 Å². The number of carboxylic acid groups (broad SMARTS) is 1. The predicted molar refractivity (Wildman–Crippen MR) is 84.7 cm³/mol. The van der Waals surface area contributed by atoms with E-state index < -0.39 is 29.2 Å². The zero-order valence-electron chi connectivity index (χ0n) is 13.0. The van der Waals surface area contributed by atoms with Crippen LogP contribution in [0.1, 0.15) is 21.5 Å². The Morgan fingerprint density at radius 1 is 1.08 bits per heavy atom. The Labute approximate surface area is 145 Å². The molecule has 0 aliphatic heterocycles. The maximum atomic E-state index is 13.2. The lowest BCUT2D eigenvalue weighted by Gasteiger charge is -2.13. The number of esters is 1. The fourth-order valence-electron chi connectivity index (χ4n) is 2.10. The summed E-state index contributed by atoms with van der Waals surface area (Å²) in [6.07, 6.45) is -4.82. The second-order valence-corrected chi connectivity index (χ2v) is 6.16. The lowest BCUT2D eigenvalue weighted by atomic mass is 10.1. The molecule has 2 rings (SSSR count). The molecule has 0 aliphatic carbocycles. The number of benzene rings is 2. The van der Waals surface area contributed by atoms with Crippen molar-refractivity contribution >= 4 is 23.7 Å². The lowest BCUT2D eigenvalue weighted by Crippen LogP contribution is -2.14. The number of methoxy groups -OCH3 is 1. The van der Waals surface area contributed by atoms with Gasteiger partial charge >= 0.3 is 18.1 Å². The van der Waals surface area contributed by atoms with Crippen LogP contribution in [0.3, 0.4) is 0 Å². The highest BCUT2D eigenvalue weighted by Crippen LogP contribution is 2.37. The minimum absolute atomic E-state index is 0.128. The van der Waals surface area contributed by atoms with Crippen LogP contribution in [-0.2, 0) is 22.1 Å². The van der Waals surface area contributed by atoms with Gasteiger partial charge in [-0.2, -0.15) is 13.2 Å². The molecule has 0 unspecified atom stereocenters. The van der Waals surface area contributed by atoms with Crippen LogP contribution < -0.4 is 0 Å². The molecule has 132 valence electrons. The molecular formula is C17H13F3O4S. The Morgan fingerprint density at radius 2 is 1.68 bits per heavy atom. The Morgan fingerprint density at radius 3 is 2.20 bits per heavy atom. The first-order valence-electron chi connectivity index (χ1n) is 6.99. The molecule has 0 spiro atoms. The second kappa shape index (κ2) is 7.60. The number of carboxylic acids is 1. The Hall–Kier alpha value is -2.48. The highest BCUT2D eigenvalue weighted by molar-refractivity contribution is 7.99. The number of carbonyl (C=O) groups excluding carboxylic acids is 1. The van der Waals surface area contributed by atoms with E-state index in [1.54, 1.807) is 24.3 Å². The molecule has 0 saturated carbocycles. The van der Waals surface area contributed by atoms with Gasteiger partial charge in [0, 0.05) is 9.79 Å². The average Bonchev–Trinajstić information content (AvgIpc) is 2.54. The van der Waals surface area contributed by atoms with Crippen molar-refractivity contribution in [2.45, 2.75) is 22.4 Å². The number of hydrogen-bond acceptors (Lipinski definition) is 4. The van der Waals surface area contributed by atoms with Crippen molar-refractivity contribution in [3.05, 3.63) is 59.2 Å². The van der Waals surface area contributed by atoms with E-state index in [0.29, 0.717) is 15.4 Å². The van der Waals surface area contributed by atoms with Gasteiger partial charge in [-0.15, -0.1) is 0 Å². The molecule has 4 nitrogen and oxygen atoms in total. The monoisotopic (exact) mass is 370 g/mol. The SMILES string of the molecule is COC(=O)c1ccc(Sc2ccc(CC(=O)O)cc2)cc1C(F)(F)F. The fourth-order valence-corrected chi connectivity index (χ4v) is 2.95. The topological polar surface area (TPSA) is 63.6 Å². The van der Waals surface area contributed by atoms with Crippen molar-refractivity contribution in [2.24, 2.45) is 0 Å². The van der Waals surface area contributed by atoms with Gasteiger partial charge in [0.05, 0.1) is 24.7 Å². The summed E-state index contributed by atoms with van der Waals surface area (Å²) in [5, 5.41) is 8.72. The third kappa shape index (κ3) is 4.99. The van der Waals surface area contributed by atoms with Crippen LogP contribution in [0.4, 0.5) is 13.2 Å². The zero-order chi connectivity index (χ0) is 18.6. The van der Waals surface area contributed by atoms with Crippen LogP contribution in [0.15, 0.2) is 52.3 Å². The average molecular weight is 370 g/mol. The molecule has 0 aliphatic rings. The van der Waals surface area contributed by atoms with Crippen LogP contribution in [0, 0.1) is 0 Å². The molecule has 0 amide bonds. The van der Waals surface area contributed by atoms with E-state index >= 15 is 0 Å². The van der Waals surface area contributed by atoms with Gasteiger partial charge in [0.2, 0.25) is 0 Å². The molecule has 2 aromatic rings. The van der Waals surface area contributed by atoms with E-state index in [1.807, 2.05) is 0 Å². The van der Waals surface area contributed by atoms with Crippen molar-refractivity contribution in [2.75, 3.05) is 7.11 Å². The third-order valence-corrected chi connectivity index (χ3v) is 4.21. The normalized spacial score (nSPS) is 11.2. The summed E-state index contributed by atoms with van der Waals surface area (Å²) in [6.45, 7) is 0. The first-order chi connectivity index (χ1) is 11.7. The number of hydrogen-bond donors (Lipinski definition) is 1. The molecular weight excluding hydrogens is 357 g/mol. The lowest BCUT2D eigenvalue weighted by molar-refractivity contribution is -0.138. The summed E-state index contributed by atoms with van der Waals surface area (Å²) in [4.78, 5) is 23.1. The minimum Gasteiger partial charge on any atom is -0.481 e. The summed E-state index contributed by atoms with van der Waals surface area (Å²) < 4.78 is 43.9. The number of alkyl halides is 3. The highest BCUT2D eigenvalue weighted by Gasteiger charge is 2.36. The van der Waals surface area contributed by atoms with Crippen LogP contribution in [0.5, 0.6) is 0 Å². The summed E-state index contributed by atoms with van der Waals surface area (Å²) in [5.74, 6) is -2.02. The molecule has 2 aromatic carbocycles. The van der Waals surface area contributed by atoms with Gasteiger partial charge in [-0.05, 0) is 35.9 Å². The van der Waals surface area contributed by atoms with Gasteiger partial charge in [0.25, 0.3) is 0 Å². The fraction of sp³-hybridized carbons (Fsp3) is 0.176. The summed E-state index contributed by atoms with van der Waals surface area (Å²) in [6, 6.07) is 9.83. The second-order valence-electron chi connectivity index (χ2n) is 5.01. The van der Waals surface area contributed by atoms with Gasteiger partial charge in [-0.3, -0.25) is 4.79 Å². The standard InChI is InChI=1S/C17H13F3O4S/c1-24-16(23)13-7-6-12(9-14(13)17(18,19)20)25-11-4-2-10(3-5-11)8-15(21)22/h2-7,9H,8H2,1H3,(H,21,22). The van der Waals surface area contributed by atoms with Crippen molar-refractivity contribution in [1.29, 1.82) is 0 Å². The molecule has 0 heterocycles. The Balaban J connectivity index is 2.28. The summed E-state index contributed by atoms with van der Waals surface area (Å²) in [5.41, 5.74) is -1.02. The molecule has 8 heteroatoms. The quantitative estimate of drug-likeness (QED) is 0.797. The zero-order valence-corrected chi connectivity index (χ0v) is 13.8. The van der Waals surface area contributed by atoms with E-state index in [1.165, 1.54) is 6.07 Å². The molecule has 0 bridgehead atoms. The molecule has 0 aromatic heterocycles. The maximum Gasteiger partial charge on any atom is 0.417 e. The van der Waals surface area contributed by atoms with Gasteiger partial charge in [0.15, 0.2) is 0 Å². The molecule has 1 N–H and O–H groups in total. The number of rotatable bonds is 5. The number of carbonyl (C=O) groups is 2. The van der Waals surface area contributed by atoms with Crippen LogP contribution in [0.25, 0.3) is 0 Å². The van der Waals surface area contributed by atoms with Gasteiger partial charge in [0.1, 0.15) is 0 Å². The van der Waals surface area contributed by atoms with E-state index in [0.717, 1.165) is 31.0 Å². The van der Waals surface area contributed by atoms with Crippen molar-refractivity contribution < 1.29 is 32.6 Å². The largest absolute Gasteiger partial charge is 0.481 e. The summed E-state index contributed by atoms with van der Waals surface area (Å²) >= 11 is 1.07. The number of halogens is 3. The first-order valence-corrected chi connectivity index (χ1v) is 7.80. The Bertz CT molecular complexity index is 785. The van der Waals surface area contributed by atoms with Crippen LogP contribution in [0.2, 0.25) is 0 Å². The Kier molecular flexibility index (Phi) is 5.73. The van der Waals surface area contributed by atoms with Crippen molar-refractivity contribution in [3.8, 4) is 0 Å². The first kappa shape index (κ1) is 18.9. The highest BCUT2D eigenvalue weighted by atomic mass is 32.2. The van der Waals surface area contributed by atoms with Crippen molar-refractivity contribution in [1.82, 2.24) is 0 Å². The third-order valence-electron chi connectivity index (χ3n) is 3.22. The molecule has 0 radical (unpaired) electrons. The van der Waals surface area contributed by atoms with Gasteiger partial charge in [-0.1, -0.05) is 23.9 Å². The van der Waals surface area contributed by atoms with E-state index in [-0.39, 0.29) is 6.42 Å². The number of aliphatic carboxylic acids is 1. The molecule has 25 heavy (non-hydrogen) atoms. The van der Waals surface area contributed by atoms with Crippen LogP contribution in [-0.4, -0.2) is 24.2 Å². The van der Waals surface area contributed by atoms with E-state index in [2.05, 4.69) is 4.74 Å². The maximum absolute atomic E-state index is 13.2. The summed E-state index contributed by atoms with van der Waals surface area (Å²) in [7, 11) is 1.02.